The average Bonchev–Trinajstić information content (AvgIpc) is 2.81. The van der Waals surface area contributed by atoms with Gasteiger partial charge in [0.05, 0.1) is 5.02 Å². The van der Waals surface area contributed by atoms with Crippen LogP contribution in [0.5, 0.6) is 5.75 Å². The van der Waals surface area contributed by atoms with Gasteiger partial charge in [-0.25, -0.2) is 4.79 Å². The smallest absolute Gasteiger partial charge is 0.344 e. The van der Waals surface area contributed by atoms with Gasteiger partial charge in [-0.2, -0.15) is 5.01 Å². The van der Waals surface area contributed by atoms with Crippen LogP contribution in [-0.2, 0) is 9.59 Å². The number of halogens is 2. The van der Waals surface area contributed by atoms with Gasteiger partial charge in [-0.3, -0.25) is 15.0 Å². The van der Waals surface area contributed by atoms with Crippen LogP contribution < -0.4 is 15.5 Å². The average molecular weight is 445 g/mol. The Labute approximate surface area is 164 Å². The van der Waals surface area contributed by atoms with E-state index in [4.69, 9.17) is 16.3 Å². The van der Waals surface area contributed by atoms with Gasteiger partial charge in [0.2, 0.25) is 0 Å². The second-order valence-electron chi connectivity index (χ2n) is 6.73. The topological polar surface area (TPSA) is 87.7 Å². The van der Waals surface area contributed by atoms with Crippen molar-refractivity contribution in [1.29, 1.82) is 0 Å². The Balaban J connectivity index is 1.59. The molecule has 1 aliphatic carbocycles. The largest absolute Gasteiger partial charge is 0.482 e. The van der Waals surface area contributed by atoms with E-state index in [1.807, 2.05) is 0 Å². The molecule has 1 aromatic rings. The summed E-state index contributed by atoms with van der Waals surface area (Å²) in [6.07, 6.45) is 2.88. The van der Waals surface area contributed by atoms with Crippen LogP contribution in [0.25, 0.3) is 0 Å². The molecule has 2 N–H and O–H groups in total. The predicted octanol–water partition coefficient (Wildman–Crippen LogP) is 3.01. The molecule has 7 nitrogen and oxygen atoms in total. The zero-order valence-electron chi connectivity index (χ0n) is 14.2. The Hall–Kier alpha value is -1.80. The van der Waals surface area contributed by atoms with Gasteiger partial charge in [0, 0.05) is 4.47 Å². The Kier molecular flexibility index (Phi) is 5.43. The highest BCUT2D eigenvalue weighted by Crippen LogP contribution is 2.35. The molecule has 0 radical (unpaired) electrons. The number of nitrogens with zero attached hydrogens (tertiary/aromatic N) is 1. The van der Waals surface area contributed by atoms with E-state index < -0.39 is 23.4 Å². The number of ether oxygens (including phenoxy) is 1. The predicted molar refractivity (Wildman–Crippen MR) is 98.5 cm³/mol. The molecule has 1 spiro atoms. The third kappa shape index (κ3) is 3.81. The summed E-state index contributed by atoms with van der Waals surface area (Å²) in [5.41, 5.74) is 1.42. The highest BCUT2D eigenvalue weighted by Gasteiger charge is 2.52. The molecule has 0 bridgehead atoms. The van der Waals surface area contributed by atoms with E-state index in [0.717, 1.165) is 22.3 Å². The molecule has 9 heteroatoms. The summed E-state index contributed by atoms with van der Waals surface area (Å²) < 4.78 is 6.13. The van der Waals surface area contributed by atoms with E-state index in [-0.39, 0.29) is 6.61 Å². The summed E-state index contributed by atoms with van der Waals surface area (Å²) >= 11 is 9.30. The number of hydrogen-bond acceptors (Lipinski definition) is 4. The molecule has 1 saturated carbocycles. The van der Waals surface area contributed by atoms with E-state index in [1.165, 1.54) is 0 Å². The van der Waals surface area contributed by atoms with Gasteiger partial charge in [0.25, 0.3) is 11.8 Å². The molecule has 2 fully saturated rings. The van der Waals surface area contributed by atoms with E-state index in [1.54, 1.807) is 18.2 Å². The van der Waals surface area contributed by atoms with Crippen LogP contribution in [0.15, 0.2) is 22.7 Å². The number of rotatable bonds is 4. The molecule has 0 aromatic heterocycles. The van der Waals surface area contributed by atoms with E-state index in [9.17, 15) is 14.4 Å². The molecule has 0 atom stereocenters. The minimum atomic E-state index is -0.896. The second kappa shape index (κ2) is 7.44. The summed E-state index contributed by atoms with van der Waals surface area (Å²) in [7, 11) is 0. The van der Waals surface area contributed by atoms with Crippen molar-refractivity contribution in [2.24, 2.45) is 5.92 Å². The third-order valence-electron chi connectivity index (χ3n) is 4.78. The quantitative estimate of drug-likeness (QED) is 0.699. The van der Waals surface area contributed by atoms with Gasteiger partial charge in [-0.15, -0.1) is 0 Å². The van der Waals surface area contributed by atoms with Crippen LogP contribution in [0, 0.1) is 5.92 Å². The van der Waals surface area contributed by atoms with Crippen LogP contribution >= 0.6 is 27.5 Å². The number of carbonyl (C=O) groups excluding carboxylic acids is 3. The first-order valence-electron chi connectivity index (χ1n) is 8.35. The first-order valence-corrected chi connectivity index (χ1v) is 9.52. The van der Waals surface area contributed by atoms with Crippen molar-refractivity contribution >= 4 is 45.4 Å². The first-order chi connectivity index (χ1) is 12.3. The van der Waals surface area contributed by atoms with Gasteiger partial charge in [-0.1, -0.05) is 34.5 Å². The maximum atomic E-state index is 12.7. The summed E-state index contributed by atoms with van der Waals surface area (Å²) in [5, 5.41) is 3.84. The van der Waals surface area contributed by atoms with Crippen molar-refractivity contribution in [3.05, 3.63) is 27.7 Å². The highest BCUT2D eigenvalue weighted by molar-refractivity contribution is 9.10. The van der Waals surface area contributed by atoms with Crippen molar-refractivity contribution in [2.75, 3.05) is 6.61 Å². The number of hydrogen-bond donors (Lipinski definition) is 2. The molecule has 4 amide bonds. The highest BCUT2D eigenvalue weighted by atomic mass is 79.9. The summed E-state index contributed by atoms with van der Waals surface area (Å²) in [4.78, 5) is 36.9. The lowest BCUT2D eigenvalue weighted by Gasteiger charge is -2.33. The maximum absolute atomic E-state index is 12.7. The number of carbonyl (C=O) groups is 3. The number of imide groups is 1. The van der Waals surface area contributed by atoms with Gasteiger partial charge >= 0.3 is 6.03 Å². The van der Waals surface area contributed by atoms with Crippen molar-refractivity contribution in [3.8, 4) is 5.75 Å². The van der Waals surface area contributed by atoms with Crippen molar-refractivity contribution in [1.82, 2.24) is 15.8 Å². The normalized spacial score (nSPS) is 25.3. The maximum Gasteiger partial charge on any atom is 0.344 e. The lowest BCUT2D eigenvalue weighted by atomic mass is 9.77. The summed E-state index contributed by atoms with van der Waals surface area (Å²) in [6, 6.07) is 4.37. The molecule has 140 valence electrons. The molecule has 1 saturated heterocycles. The zero-order valence-corrected chi connectivity index (χ0v) is 16.5. The lowest BCUT2D eigenvalue weighted by molar-refractivity contribution is -0.140. The van der Waals surface area contributed by atoms with Crippen LogP contribution in [-0.4, -0.2) is 35.0 Å². The molecule has 26 heavy (non-hydrogen) atoms. The van der Waals surface area contributed by atoms with Crippen LogP contribution in [0.1, 0.15) is 32.6 Å². The fraction of sp³-hybridized carbons (Fsp3) is 0.471. The lowest BCUT2D eigenvalue weighted by Crippen LogP contribution is -2.52. The second-order valence-corrected chi connectivity index (χ2v) is 8.06. The van der Waals surface area contributed by atoms with E-state index >= 15 is 0 Å². The number of amides is 4. The summed E-state index contributed by atoms with van der Waals surface area (Å²) in [6.45, 7) is 1.75. The van der Waals surface area contributed by atoms with Crippen LogP contribution in [0.2, 0.25) is 5.02 Å². The van der Waals surface area contributed by atoms with Gasteiger partial charge < -0.3 is 10.1 Å². The Morgan fingerprint density at radius 1 is 1.42 bits per heavy atom. The molecule has 2 aliphatic rings. The first kappa shape index (κ1) is 19.0. The molecule has 0 unspecified atom stereocenters. The Morgan fingerprint density at radius 2 is 2.12 bits per heavy atom. The van der Waals surface area contributed by atoms with Crippen LogP contribution in [0.3, 0.4) is 0 Å². The number of benzene rings is 1. The standard InChI is InChI=1S/C17H19BrClN3O4/c1-10-4-6-17(7-5-10)15(24)22(16(25)20-17)21-14(23)9-26-13-3-2-11(18)8-12(13)19/h2-3,8,10H,4-7,9H2,1H3,(H,20,25)(H,21,23). The van der Waals surface area contributed by atoms with Gasteiger partial charge in [0.1, 0.15) is 11.3 Å². The van der Waals surface area contributed by atoms with Gasteiger partial charge in [-0.05, 0) is 49.8 Å². The third-order valence-corrected chi connectivity index (χ3v) is 5.57. The van der Waals surface area contributed by atoms with E-state index in [0.29, 0.717) is 29.5 Å². The number of hydrazine groups is 1. The van der Waals surface area contributed by atoms with Crippen molar-refractivity contribution in [2.45, 2.75) is 38.1 Å². The zero-order chi connectivity index (χ0) is 18.9. The minimum absolute atomic E-state index is 0.333. The van der Waals surface area contributed by atoms with Crippen molar-refractivity contribution in [3.63, 3.8) is 0 Å². The minimum Gasteiger partial charge on any atom is -0.482 e. The van der Waals surface area contributed by atoms with Crippen LogP contribution in [0.4, 0.5) is 4.79 Å². The fourth-order valence-electron chi connectivity index (χ4n) is 3.21. The number of urea groups is 1. The SMILES string of the molecule is CC1CCC2(CC1)NC(=O)N(NC(=O)COc1ccc(Br)cc1Cl)C2=O. The molecule has 1 aromatic carbocycles. The molecule has 1 aliphatic heterocycles. The molecular formula is C17H19BrClN3O4. The van der Waals surface area contributed by atoms with E-state index in [2.05, 4.69) is 33.6 Å². The molecule has 3 rings (SSSR count). The molecular weight excluding hydrogens is 426 g/mol. The Bertz CT molecular complexity index is 750. The number of nitrogens with one attached hydrogen (secondary N) is 2. The Morgan fingerprint density at radius 3 is 2.77 bits per heavy atom. The fourth-order valence-corrected chi connectivity index (χ4v) is 3.94. The molecule has 1 heterocycles. The summed E-state index contributed by atoms with van der Waals surface area (Å²) in [5.74, 6) is -0.170. The monoisotopic (exact) mass is 443 g/mol. The van der Waals surface area contributed by atoms with Crippen molar-refractivity contribution < 1.29 is 19.1 Å². The van der Waals surface area contributed by atoms with Gasteiger partial charge in [0.15, 0.2) is 6.61 Å².